The van der Waals surface area contributed by atoms with Gasteiger partial charge in [0, 0.05) is 44.5 Å². The maximum absolute atomic E-state index is 11.6. The van der Waals surface area contributed by atoms with Crippen molar-refractivity contribution in [1.82, 2.24) is 9.88 Å². The highest BCUT2D eigenvalue weighted by atomic mass is 16.5. The molecule has 1 aromatic heterocycles. The summed E-state index contributed by atoms with van der Waals surface area (Å²) in [5, 5.41) is 0. The van der Waals surface area contributed by atoms with Gasteiger partial charge in [0.2, 0.25) is 0 Å². The normalized spacial score (nSPS) is 12.0. The molecule has 154 valence electrons. The highest BCUT2D eigenvalue weighted by molar-refractivity contribution is 5.99. The van der Waals surface area contributed by atoms with Crippen LogP contribution in [-0.2, 0) is 6.61 Å². The highest BCUT2D eigenvalue weighted by Crippen LogP contribution is 2.29. The van der Waals surface area contributed by atoms with E-state index in [-0.39, 0.29) is 11.7 Å². The Morgan fingerprint density at radius 1 is 1.07 bits per heavy atom. The summed E-state index contributed by atoms with van der Waals surface area (Å²) >= 11 is 0. The van der Waals surface area contributed by atoms with Gasteiger partial charge in [0.05, 0.1) is 12.2 Å². The summed E-state index contributed by atoms with van der Waals surface area (Å²) in [4.78, 5) is 28.4. The van der Waals surface area contributed by atoms with E-state index in [2.05, 4.69) is 4.98 Å². The number of hydrogen-bond acceptors (Lipinski definition) is 5. The number of carbonyl (C=O) groups is 2. The second-order valence-corrected chi connectivity index (χ2v) is 6.89. The molecule has 1 aliphatic rings. The van der Waals surface area contributed by atoms with E-state index < -0.39 is 0 Å². The lowest BCUT2D eigenvalue weighted by Crippen LogP contribution is -2.21. The van der Waals surface area contributed by atoms with Gasteiger partial charge in [-0.25, -0.2) is 0 Å². The van der Waals surface area contributed by atoms with Gasteiger partial charge in [-0.3, -0.25) is 14.6 Å². The maximum Gasteiger partial charge on any atom is 0.253 e. The van der Waals surface area contributed by atoms with Gasteiger partial charge in [-0.15, -0.1) is 0 Å². The SMILES string of the molecule is CN(C)C(=O)c1ccccc1.O=C1CCOc2cc(OCc3ccncc3)ccc21. The van der Waals surface area contributed by atoms with Gasteiger partial charge in [0.15, 0.2) is 5.78 Å². The predicted molar refractivity (Wildman–Crippen MR) is 114 cm³/mol. The number of amides is 1. The molecule has 4 rings (SSSR count). The van der Waals surface area contributed by atoms with E-state index in [1.807, 2.05) is 42.5 Å². The van der Waals surface area contributed by atoms with Gasteiger partial charge >= 0.3 is 0 Å². The fourth-order valence-electron chi connectivity index (χ4n) is 2.82. The number of benzene rings is 2. The van der Waals surface area contributed by atoms with Crippen molar-refractivity contribution < 1.29 is 19.1 Å². The number of ether oxygens (including phenoxy) is 2. The topological polar surface area (TPSA) is 68.7 Å². The smallest absolute Gasteiger partial charge is 0.253 e. The first-order valence-electron chi connectivity index (χ1n) is 9.63. The quantitative estimate of drug-likeness (QED) is 0.657. The van der Waals surface area contributed by atoms with Crippen LogP contribution in [0.5, 0.6) is 11.5 Å². The van der Waals surface area contributed by atoms with Crippen LogP contribution in [0.2, 0.25) is 0 Å². The monoisotopic (exact) mass is 404 g/mol. The van der Waals surface area contributed by atoms with Crippen LogP contribution in [0.15, 0.2) is 73.1 Å². The first-order valence-corrected chi connectivity index (χ1v) is 9.63. The molecule has 0 N–H and O–H groups in total. The number of aromatic nitrogens is 1. The number of fused-ring (bicyclic) bond motifs is 1. The first kappa shape index (κ1) is 21.0. The second-order valence-electron chi connectivity index (χ2n) is 6.89. The second kappa shape index (κ2) is 10.2. The van der Waals surface area contributed by atoms with Gasteiger partial charge < -0.3 is 14.4 Å². The Bertz CT molecular complexity index is 989. The Hall–Kier alpha value is -3.67. The molecule has 30 heavy (non-hydrogen) atoms. The Balaban J connectivity index is 0.000000199. The highest BCUT2D eigenvalue weighted by Gasteiger charge is 2.18. The first-order chi connectivity index (χ1) is 14.5. The van der Waals surface area contributed by atoms with E-state index >= 15 is 0 Å². The fourth-order valence-corrected chi connectivity index (χ4v) is 2.82. The molecule has 3 aromatic rings. The van der Waals surface area contributed by atoms with Crippen LogP contribution in [0.25, 0.3) is 0 Å². The van der Waals surface area contributed by atoms with Crippen LogP contribution in [0, 0.1) is 0 Å². The molecule has 1 amide bonds. The zero-order valence-corrected chi connectivity index (χ0v) is 17.1. The van der Waals surface area contributed by atoms with Crippen molar-refractivity contribution in [1.29, 1.82) is 0 Å². The number of ketones is 1. The zero-order valence-electron chi connectivity index (χ0n) is 17.1. The summed E-state index contributed by atoms with van der Waals surface area (Å²) in [6, 6.07) is 18.4. The van der Waals surface area contributed by atoms with Gasteiger partial charge in [-0.1, -0.05) is 18.2 Å². The van der Waals surface area contributed by atoms with Gasteiger partial charge in [0.25, 0.3) is 5.91 Å². The summed E-state index contributed by atoms with van der Waals surface area (Å²) in [5.74, 6) is 1.49. The molecule has 0 radical (unpaired) electrons. The average Bonchev–Trinajstić information content (AvgIpc) is 2.79. The molecule has 0 bridgehead atoms. The minimum atomic E-state index is 0.0469. The standard InChI is InChI=1S/C15H13NO3.C9H11NO/c17-14-5-8-18-15-9-12(1-2-13(14)15)19-10-11-3-6-16-7-4-11;1-10(2)9(11)8-6-4-3-5-7-8/h1-4,6-7,9H,5,8,10H2;3-7H,1-2H3. The average molecular weight is 404 g/mol. The molecule has 0 aliphatic carbocycles. The lowest BCUT2D eigenvalue weighted by Gasteiger charge is -2.17. The number of pyridine rings is 1. The molecule has 0 fully saturated rings. The van der Waals surface area contributed by atoms with E-state index in [1.165, 1.54) is 0 Å². The summed E-state index contributed by atoms with van der Waals surface area (Å²) < 4.78 is 11.2. The third-order valence-corrected chi connectivity index (χ3v) is 4.42. The van der Waals surface area contributed by atoms with Crippen LogP contribution in [0.1, 0.15) is 32.7 Å². The maximum atomic E-state index is 11.6. The molecule has 0 saturated carbocycles. The van der Waals surface area contributed by atoms with Crippen molar-refractivity contribution in [2.45, 2.75) is 13.0 Å². The number of nitrogens with zero attached hydrogens (tertiary/aromatic N) is 2. The Morgan fingerprint density at radius 2 is 1.80 bits per heavy atom. The third-order valence-electron chi connectivity index (χ3n) is 4.42. The van der Waals surface area contributed by atoms with Crippen molar-refractivity contribution >= 4 is 11.7 Å². The van der Waals surface area contributed by atoms with E-state index in [9.17, 15) is 9.59 Å². The number of Topliss-reactive ketones (excluding diaryl/α,β-unsaturated/α-hetero) is 1. The Labute approximate surface area is 176 Å². The van der Waals surface area contributed by atoms with Gasteiger partial charge in [0.1, 0.15) is 18.1 Å². The number of hydrogen-bond donors (Lipinski definition) is 0. The van der Waals surface area contributed by atoms with E-state index in [0.717, 1.165) is 11.1 Å². The van der Waals surface area contributed by atoms with E-state index in [4.69, 9.17) is 9.47 Å². The number of rotatable bonds is 4. The van der Waals surface area contributed by atoms with Crippen molar-refractivity contribution in [3.63, 3.8) is 0 Å². The molecule has 0 saturated heterocycles. The lowest BCUT2D eigenvalue weighted by molar-refractivity contribution is 0.0827. The molecule has 0 spiro atoms. The fraction of sp³-hybridized carbons (Fsp3) is 0.208. The summed E-state index contributed by atoms with van der Waals surface area (Å²) in [6.45, 7) is 0.912. The predicted octanol–water partition coefficient (Wildman–Crippen LogP) is 4.01. The molecular weight excluding hydrogens is 380 g/mol. The summed E-state index contributed by atoms with van der Waals surface area (Å²) in [6.07, 6.45) is 3.91. The lowest BCUT2D eigenvalue weighted by atomic mass is 10.1. The molecule has 2 aromatic carbocycles. The molecule has 0 unspecified atom stereocenters. The molecule has 1 aliphatic heterocycles. The van der Waals surface area contributed by atoms with Crippen molar-refractivity contribution in [2.75, 3.05) is 20.7 Å². The minimum Gasteiger partial charge on any atom is -0.492 e. The van der Waals surface area contributed by atoms with E-state index in [0.29, 0.717) is 36.7 Å². The van der Waals surface area contributed by atoms with Gasteiger partial charge in [-0.2, -0.15) is 0 Å². The van der Waals surface area contributed by atoms with Crippen LogP contribution in [0.3, 0.4) is 0 Å². The van der Waals surface area contributed by atoms with Crippen LogP contribution < -0.4 is 9.47 Å². The van der Waals surface area contributed by atoms with Gasteiger partial charge in [-0.05, 0) is 42.0 Å². The largest absolute Gasteiger partial charge is 0.492 e. The Morgan fingerprint density at radius 3 is 2.50 bits per heavy atom. The molecule has 0 atom stereocenters. The Kier molecular flexibility index (Phi) is 7.16. The molecule has 6 heteroatoms. The molecular formula is C24H24N2O4. The molecule has 2 heterocycles. The third kappa shape index (κ3) is 5.67. The summed E-state index contributed by atoms with van der Waals surface area (Å²) in [7, 11) is 3.49. The van der Waals surface area contributed by atoms with Crippen molar-refractivity contribution in [2.24, 2.45) is 0 Å². The van der Waals surface area contributed by atoms with Crippen molar-refractivity contribution in [3.8, 4) is 11.5 Å². The van der Waals surface area contributed by atoms with Crippen LogP contribution >= 0.6 is 0 Å². The number of carbonyl (C=O) groups excluding carboxylic acids is 2. The molecule has 6 nitrogen and oxygen atoms in total. The van der Waals surface area contributed by atoms with Crippen LogP contribution in [-0.4, -0.2) is 42.3 Å². The summed E-state index contributed by atoms with van der Waals surface area (Å²) in [5.41, 5.74) is 2.42. The van der Waals surface area contributed by atoms with Crippen molar-refractivity contribution in [3.05, 3.63) is 89.7 Å². The van der Waals surface area contributed by atoms with Crippen LogP contribution in [0.4, 0.5) is 0 Å². The minimum absolute atomic E-state index is 0.0469. The van der Waals surface area contributed by atoms with E-state index in [1.54, 1.807) is 49.6 Å². The zero-order chi connectivity index (χ0) is 21.3.